The molecule has 0 N–H and O–H groups in total. The van der Waals surface area contributed by atoms with E-state index in [1.807, 2.05) is 0 Å². The Kier molecular flexibility index (Phi) is 7.79. The first-order valence-corrected chi connectivity index (χ1v) is 7.52. The molecule has 0 atom stereocenters. The van der Waals surface area contributed by atoms with Crippen LogP contribution in [0.4, 0.5) is 0 Å². The fourth-order valence-corrected chi connectivity index (χ4v) is 3.33. The average Bonchev–Trinajstić information content (AvgIpc) is 2.41. The van der Waals surface area contributed by atoms with Crippen molar-refractivity contribution in [1.29, 1.82) is 0 Å². The topological polar surface area (TPSA) is 26.3 Å². The summed E-state index contributed by atoms with van der Waals surface area (Å²) in [6.07, 6.45) is 16.5. The van der Waals surface area contributed by atoms with E-state index >= 15 is 0 Å². The van der Waals surface area contributed by atoms with Crippen LogP contribution in [0.15, 0.2) is 12.8 Å². The Hall–Kier alpha value is -0.790. The van der Waals surface area contributed by atoms with Gasteiger partial charge in [-0.3, -0.25) is 4.79 Å². The lowest BCUT2D eigenvalue weighted by Gasteiger charge is -2.32. The van der Waals surface area contributed by atoms with Crippen molar-refractivity contribution in [2.45, 2.75) is 71.1 Å². The lowest BCUT2D eigenvalue weighted by Crippen LogP contribution is -2.20. The Morgan fingerprint density at radius 3 is 1.56 bits per heavy atom. The van der Waals surface area contributed by atoms with Crippen molar-refractivity contribution >= 4 is 5.97 Å². The maximum Gasteiger partial charge on any atom is 0.307 e. The van der Waals surface area contributed by atoms with E-state index in [1.54, 1.807) is 25.7 Å². The molecule has 0 unspecified atom stereocenters. The number of carbonyl (C=O) groups is 1. The van der Waals surface area contributed by atoms with Gasteiger partial charge >= 0.3 is 5.97 Å². The van der Waals surface area contributed by atoms with E-state index in [-0.39, 0.29) is 5.97 Å². The Balaban J connectivity index is 0.000000232. The first-order chi connectivity index (χ1) is 8.74. The third kappa shape index (κ3) is 6.23. The van der Waals surface area contributed by atoms with Crippen LogP contribution < -0.4 is 0 Å². The molecule has 104 valence electrons. The molecule has 0 radical (unpaired) electrons. The molecule has 0 aliphatic heterocycles. The summed E-state index contributed by atoms with van der Waals surface area (Å²) in [5.74, 6) is 1.95. The number of hydrogen-bond acceptors (Lipinski definition) is 2. The second kappa shape index (κ2) is 9.18. The average molecular weight is 252 g/mol. The summed E-state index contributed by atoms with van der Waals surface area (Å²) in [7, 11) is 0. The first-order valence-electron chi connectivity index (χ1n) is 7.52. The van der Waals surface area contributed by atoms with Gasteiger partial charge in [0.15, 0.2) is 0 Å². The van der Waals surface area contributed by atoms with Crippen LogP contribution in [-0.4, -0.2) is 5.97 Å². The zero-order valence-corrected chi connectivity index (χ0v) is 11.8. The second-order valence-electron chi connectivity index (χ2n) is 5.57. The molecular formula is C16H28O2. The molecule has 0 amide bonds. The number of ether oxygens (including phenoxy) is 1. The van der Waals surface area contributed by atoms with Crippen LogP contribution in [0.3, 0.4) is 0 Å². The minimum absolute atomic E-state index is 0.329. The molecule has 2 saturated carbocycles. The third-order valence-corrected chi connectivity index (χ3v) is 4.22. The van der Waals surface area contributed by atoms with Gasteiger partial charge in [0.2, 0.25) is 0 Å². The molecule has 2 rings (SSSR count). The van der Waals surface area contributed by atoms with Crippen molar-refractivity contribution in [3.63, 3.8) is 0 Å². The molecule has 2 heteroatoms. The van der Waals surface area contributed by atoms with Crippen molar-refractivity contribution in [1.82, 2.24) is 0 Å². The smallest absolute Gasteiger partial charge is 0.307 e. The summed E-state index contributed by atoms with van der Waals surface area (Å²) in [6, 6.07) is 0. The summed E-state index contributed by atoms with van der Waals surface area (Å²) in [6.45, 7) is 4.48. The van der Waals surface area contributed by atoms with Crippen LogP contribution >= 0.6 is 0 Å². The van der Waals surface area contributed by atoms with E-state index in [2.05, 4.69) is 11.3 Å². The Morgan fingerprint density at radius 2 is 1.33 bits per heavy atom. The van der Waals surface area contributed by atoms with Gasteiger partial charge in [0.05, 0.1) is 6.26 Å². The van der Waals surface area contributed by atoms with E-state index < -0.39 is 0 Å². The van der Waals surface area contributed by atoms with Crippen LogP contribution in [0.5, 0.6) is 0 Å². The van der Waals surface area contributed by atoms with E-state index in [0.717, 1.165) is 18.1 Å². The van der Waals surface area contributed by atoms with Gasteiger partial charge in [0.25, 0.3) is 0 Å². The highest BCUT2D eigenvalue weighted by atomic mass is 16.5. The highest BCUT2D eigenvalue weighted by Gasteiger charge is 2.24. The van der Waals surface area contributed by atoms with Gasteiger partial charge in [0.1, 0.15) is 0 Å². The maximum atomic E-state index is 9.75. The predicted molar refractivity (Wildman–Crippen MR) is 75.1 cm³/mol. The van der Waals surface area contributed by atoms with E-state index in [0.29, 0.717) is 0 Å². The summed E-state index contributed by atoms with van der Waals surface area (Å²) in [5.41, 5.74) is 0. The van der Waals surface area contributed by atoms with Crippen molar-refractivity contribution in [2.24, 2.45) is 11.8 Å². The lowest BCUT2D eigenvalue weighted by molar-refractivity contribution is -0.135. The van der Waals surface area contributed by atoms with Crippen LogP contribution in [0.2, 0.25) is 0 Å². The van der Waals surface area contributed by atoms with Crippen molar-refractivity contribution in [2.75, 3.05) is 0 Å². The number of esters is 1. The van der Waals surface area contributed by atoms with Gasteiger partial charge in [-0.05, 0) is 11.8 Å². The van der Waals surface area contributed by atoms with Crippen LogP contribution in [0, 0.1) is 11.8 Å². The Labute approximate surface area is 112 Å². The molecule has 18 heavy (non-hydrogen) atoms. The molecule has 0 saturated heterocycles. The summed E-state index contributed by atoms with van der Waals surface area (Å²) >= 11 is 0. The largest absolute Gasteiger partial charge is 0.435 e. The Bertz CT molecular complexity index is 219. The van der Waals surface area contributed by atoms with Crippen molar-refractivity contribution in [3.8, 4) is 0 Å². The number of hydrogen-bond donors (Lipinski definition) is 0. The highest BCUT2D eigenvalue weighted by Crippen LogP contribution is 2.37. The predicted octanol–water partition coefficient (Wildman–Crippen LogP) is 4.84. The maximum absolute atomic E-state index is 9.75. The first kappa shape index (κ1) is 15.3. The monoisotopic (exact) mass is 252 g/mol. The fraction of sp³-hybridized carbons (Fsp3) is 0.812. The van der Waals surface area contributed by atoms with Gasteiger partial charge in [-0.1, -0.05) is 70.8 Å². The lowest BCUT2D eigenvalue weighted by atomic mass is 9.73. The Morgan fingerprint density at radius 1 is 0.944 bits per heavy atom. The van der Waals surface area contributed by atoms with Crippen molar-refractivity contribution < 1.29 is 9.53 Å². The van der Waals surface area contributed by atoms with E-state index in [1.165, 1.54) is 45.4 Å². The van der Waals surface area contributed by atoms with Crippen LogP contribution in [0.1, 0.15) is 71.1 Å². The van der Waals surface area contributed by atoms with Gasteiger partial charge in [-0.25, -0.2) is 0 Å². The molecular weight excluding hydrogens is 224 g/mol. The summed E-state index contributed by atoms with van der Waals surface area (Å²) < 4.78 is 4.17. The molecule has 0 aromatic rings. The normalized spacial score (nSPS) is 21.6. The second-order valence-corrected chi connectivity index (χ2v) is 5.57. The van der Waals surface area contributed by atoms with Crippen LogP contribution in [0.25, 0.3) is 0 Å². The molecule has 0 bridgehead atoms. The molecule has 2 nitrogen and oxygen atoms in total. The molecule has 2 aliphatic carbocycles. The minimum atomic E-state index is -0.329. The van der Waals surface area contributed by atoms with Gasteiger partial charge in [-0.2, -0.15) is 0 Å². The molecule has 2 aliphatic rings. The molecule has 0 aromatic carbocycles. The van der Waals surface area contributed by atoms with Crippen molar-refractivity contribution in [3.05, 3.63) is 12.8 Å². The van der Waals surface area contributed by atoms with E-state index in [9.17, 15) is 4.79 Å². The van der Waals surface area contributed by atoms with Gasteiger partial charge < -0.3 is 4.74 Å². The summed E-state index contributed by atoms with van der Waals surface area (Å²) in [5, 5.41) is 0. The quantitative estimate of drug-likeness (QED) is 0.519. The van der Waals surface area contributed by atoms with Gasteiger partial charge in [0, 0.05) is 6.92 Å². The number of carbonyl (C=O) groups excluding carboxylic acids is 1. The van der Waals surface area contributed by atoms with E-state index in [4.69, 9.17) is 0 Å². The molecule has 2 fully saturated rings. The molecule has 0 aromatic heterocycles. The SMILES string of the molecule is C1CCC(C2CCCCC2)CC1.C=COC(C)=O. The fourth-order valence-electron chi connectivity index (χ4n) is 3.33. The minimum Gasteiger partial charge on any atom is -0.435 e. The highest BCUT2D eigenvalue weighted by molar-refractivity contribution is 5.66. The molecule has 0 heterocycles. The standard InChI is InChI=1S/C12H22.C4H6O2/c1-3-7-11(8-4-1)12-9-5-2-6-10-12;1-3-6-4(2)5/h11-12H,1-10H2;3H,1H2,2H3. The summed E-state index contributed by atoms with van der Waals surface area (Å²) in [4.78, 5) is 9.75. The zero-order chi connectivity index (χ0) is 13.2. The zero-order valence-electron chi connectivity index (χ0n) is 11.8. The number of rotatable bonds is 2. The molecule has 0 spiro atoms. The van der Waals surface area contributed by atoms with Crippen LogP contribution in [-0.2, 0) is 9.53 Å². The van der Waals surface area contributed by atoms with Gasteiger partial charge in [-0.15, -0.1) is 0 Å². The third-order valence-electron chi connectivity index (χ3n) is 4.22.